The van der Waals surface area contributed by atoms with Gasteiger partial charge in [-0.3, -0.25) is 14.2 Å². The number of aromatic nitrogens is 1. The molecule has 3 rings (SSSR count). The Bertz CT molecular complexity index is 1020. The van der Waals surface area contributed by atoms with Crippen LogP contribution in [0.5, 0.6) is 0 Å². The average Bonchev–Trinajstić information content (AvgIpc) is 2.97. The van der Waals surface area contributed by atoms with Crippen LogP contribution in [0, 0.1) is 6.92 Å². The molecule has 1 unspecified atom stereocenters. The molecule has 1 atom stereocenters. The maximum Gasteiger partial charge on any atom is 0.420 e. The number of nitrogens with one attached hydrogen (secondary N) is 1. The van der Waals surface area contributed by atoms with Crippen molar-refractivity contribution >= 4 is 23.0 Å². The number of aryl methyl sites for hydroxylation is 1. The first-order chi connectivity index (χ1) is 13.0. The van der Waals surface area contributed by atoms with Crippen LogP contribution in [0.2, 0.25) is 0 Å². The van der Waals surface area contributed by atoms with E-state index in [-0.39, 0.29) is 13.0 Å². The predicted octanol–water partition coefficient (Wildman–Crippen LogP) is 2.32. The largest absolute Gasteiger partial charge is 0.469 e. The number of esters is 1. The highest BCUT2D eigenvalue weighted by Crippen LogP contribution is 2.19. The molecule has 0 aliphatic rings. The Balaban J connectivity index is 1.81. The minimum atomic E-state index is -0.605. The first kappa shape index (κ1) is 18.4. The third-order valence-electron chi connectivity index (χ3n) is 4.29. The molecule has 0 aliphatic heterocycles. The zero-order valence-corrected chi connectivity index (χ0v) is 15.1. The zero-order valence-electron chi connectivity index (χ0n) is 15.1. The highest BCUT2D eigenvalue weighted by molar-refractivity contribution is 5.80. The van der Waals surface area contributed by atoms with E-state index < -0.39 is 23.7 Å². The van der Waals surface area contributed by atoms with Gasteiger partial charge in [-0.2, -0.15) is 0 Å². The van der Waals surface area contributed by atoms with Gasteiger partial charge in [-0.05, 0) is 24.6 Å². The molecule has 0 radical (unpaired) electrons. The number of para-hydroxylation sites is 2. The summed E-state index contributed by atoms with van der Waals surface area (Å²) >= 11 is 0. The number of nitrogens with zero attached hydrogens (tertiary/aromatic N) is 1. The SMILES string of the molecule is COC(=O)CC(NC(=O)Cn1c(=O)oc2ccccc21)c1ccc(C)cc1. The van der Waals surface area contributed by atoms with Gasteiger partial charge in [0.2, 0.25) is 5.91 Å². The lowest BCUT2D eigenvalue weighted by Gasteiger charge is -2.18. The molecule has 27 heavy (non-hydrogen) atoms. The minimum Gasteiger partial charge on any atom is -0.469 e. The van der Waals surface area contributed by atoms with E-state index in [0.29, 0.717) is 11.1 Å². The van der Waals surface area contributed by atoms with E-state index in [9.17, 15) is 14.4 Å². The summed E-state index contributed by atoms with van der Waals surface area (Å²) in [6.45, 7) is 1.74. The normalized spacial score (nSPS) is 11.9. The van der Waals surface area contributed by atoms with Gasteiger partial charge in [0.25, 0.3) is 0 Å². The molecule has 0 aliphatic carbocycles. The number of hydrogen-bond acceptors (Lipinski definition) is 5. The fraction of sp³-hybridized carbons (Fsp3) is 0.250. The maximum atomic E-state index is 12.6. The Morgan fingerprint density at radius 2 is 1.85 bits per heavy atom. The molecule has 7 nitrogen and oxygen atoms in total. The Labute approximate surface area is 155 Å². The smallest absolute Gasteiger partial charge is 0.420 e. The van der Waals surface area contributed by atoms with Crippen LogP contribution in [-0.2, 0) is 20.9 Å². The molecule has 0 bridgehead atoms. The van der Waals surface area contributed by atoms with Gasteiger partial charge in [-0.15, -0.1) is 0 Å². The van der Waals surface area contributed by atoms with Gasteiger partial charge in [0.1, 0.15) is 6.54 Å². The number of fused-ring (bicyclic) bond motifs is 1. The van der Waals surface area contributed by atoms with Crippen molar-refractivity contribution in [1.82, 2.24) is 9.88 Å². The van der Waals surface area contributed by atoms with Crippen LogP contribution in [0.4, 0.5) is 0 Å². The molecule has 1 aromatic heterocycles. The summed E-state index contributed by atoms with van der Waals surface area (Å²) in [6, 6.07) is 13.8. The van der Waals surface area contributed by atoms with Crippen LogP contribution in [0.25, 0.3) is 11.1 Å². The Hall–Kier alpha value is -3.35. The molecule has 2 aromatic carbocycles. The summed E-state index contributed by atoms with van der Waals surface area (Å²) in [4.78, 5) is 36.3. The van der Waals surface area contributed by atoms with Gasteiger partial charge in [0.05, 0.1) is 25.1 Å². The van der Waals surface area contributed by atoms with Crippen LogP contribution in [0.3, 0.4) is 0 Å². The number of carbonyl (C=O) groups excluding carboxylic acids is 2. The standard InChI is InChI=1S/C20H20N2O5/c1-13-7-9-14(10-8-13)15(11-19(24)26-2)21-18(23)12-22-16-5-3-4-6-17(16)27-20(22)25/h3-10,15H,11-12H2,1-2H3,(H,21,23). The number of benzene rings is 2. The highest BCUT2D eigenvalue weighted by Gasteiger charge is 2.20. The number of ether oxygens (including phenoxy) is 1. The third kappa shape index (κ3) is 4.25. The van der Waals surface area contributed by atoms with E-state index in [1.165, 1.54) is 11.7 Å². The van der Waals surface area contributed by atoms with Crippen LogP contribution >= 0.6 is 0 Å². The first-order valence-corrected chi connectivity index (χ1v) is 8.49. The van der Waals surface area contributed by atoms with Crippen molar-refractivity contribution < 1.29 is 18.7 Å². The third-order valence-corrected chi connectivity index (χ3v) is 4.29. The van der Waals surface area contributed by atoms with Crippen molar-refractivity contribution in [3.05, 3.63) is 70.2 Å². The Morgan fingerprint density at radius 3 is 2.56 bits per heavy atom. The molecule has 0 saturated heterocycles. The topological polar surface area (TPSA) is 90.5 Å². The molecular weight excluding hydrogens is 348 g/mol. The second-order valence-corrected chi connectivity index (χ2v) is 6.23. The summed E-state index contributed by atoms with van der Waals surface area (Å²) in [6.07, 6.45) is -0.00760. The van der Waals surface area contributed by atoms with Crippen molar-refractivity contribution in [3.8, 4) is 0 Å². The van der Waals surface area contributed by atoms with E-state index in [0.717, 1.165) is 11.1 Å². The van der Waals surface area contributed by atoms with Gasteiger partial charge < -0.3 is 14.5 Å². The lowest BCUT2D eigenvalue weighted by atomic mass is 10.0. The van der Waals surface area contributed by atoms with Gasteiger partial charge in [-0.1, -0.05) is 42.0 Å². The van der Waals surface area contributed by atoms with Crippen LogP contribution in [0.15, 0.2) is 57.7 Å². The van der Waals surface area contributed by atoms with Crippen LogP contribution in [0.1, 0.15) is 23.6 Å². The van der Waals surface area contributed by atoms with E-state index >= 15 is 0 Å². The fourth-order valence-corrected chi connectivity index (χ4v) is 2.85. The number of oxazole rings is 1. The van der Waals surface area contributed by atoms with E-state index in [2.05, 4.69) is 5.32 Å². The molecule has 0 saturated carbocycles. The summed E-state index contributed by atoms with van der Waals surface area (Å²) in [7, 11) is 1.30. The van der Waals surface area contributed by atoms with Crippen LogP contribution < -0.4 is 11.1 Å². The van der Waals surface area contributed by atoms with E-state index in [1.807, 2.05) is 31.2 Å². The zero-order chi connectivity index (χ0) is 19.4. The van der Waals surface area contributed by atoms with Crippen molar-refractivity contribution in [2.75, 3.05) is 7.11 Å². The number of carbonyl (C=O) groups is 2. The summed E-state index contributed by atoms with van der Waals surface area (Å²) in [5.74, 6) is -1.45. The fourth-order valence-electron chi connectivity index (χ4n) is 2.85. The molecule has 0 fully saturated rings. The van der Waals surface area contributed by atoms with Crippen molar-refractivity contribution in [1.29, 1.82) is 0 Å². The molecule has 7 heteroatoms. The molecule has 3 aromatic rings. The number of methoxy groups -OCH3 is 1. The lowest BCUT2D eigenvalue weighted by Crippen LogP contribution is -2.34. The van der Waals surface area contributed by atoms with E-state index in [1.54, 1.807) is 24.3 Å². The highest BCUT2D eigenvalue weighted by atomic mass is 16.5. The summed E-state index contributed by atoms with van der Waals surface area (Å²) in [5, 5.41) is 2.81. The minimum absolute atomic E-state index is 0.00760. The second kappa shape index (κ2) is 7.90. The van der Waals surface area contributed by atoms with Gasteiger partial charge >= 0.3 is 11.7 Å². The van der Waals surface area contributed by atoms with Crippen molar-refractivity contribution in [2.24, 2.45) is 0 Å². The molecule has 1 heterocycles. The average molecular weight is 368 g/mol. The Morgan fingerprint density at radius 1 is 1.15 bits per heavy atom. The van der Waals surface area contributed by atoms with Gasteiger partial charge in [0.15, 0.2) is 5.58 Å². The molecule has 1 N–H and O–H groups in total. The number of hydrogen-bond donors (Lipinski definition) is 1. The predicted molar refractivity (Wildman–Crippen MR) is 99.2 cm³/mol. The number of rotatable bonds is 6. The van der Waals surface area contributed by atoms with Crippen LogP contribution in [-0.4, -0.2) is 23.6 Å². The van der Waals surface area contributed by atoms with Crippen molar-refractivity contribution in [3.63, 3.8) is 0 Å². The monoisotopic (exact) mass is 368 g/mol. The second-order valence-electron chi connectivity index (χ2n) is 6.23. The lowest BCUT2D eigenvalue weighted by molar-refractivity contribution is -0.141. The molecule has 140 valence electrons. The molecule has 0 spiro atoms. The first-order valence-electron chi connectivity index (χ1n) is 8.49. The van der Waals surface area contributed by atoms with Crippen molar-refractivity contribution in [2.45, 2.75) is 25.9 Å². The maximum absolute atomic E-state index is 12.6. The van der Waals surface area contributed by atoms with Gasteiger partial charge in [0, 0.05) is 0 Å². The summed E-state index contributed by atoms with van der Waals surface area (Å²) < 4.78 is 11.1. The Kier molecular flexibility index (Phi) is 5.40. The quantitative estimate of drug-likeness (QED) is 0.675. The number of amides is 1. The van der Waals surface area contributed by atoms with Gasteiger partial charge in [-0.25, -0.2) is 4.79 Å². The molecule has 1 amide bonds. The summed E-state index contributed by atoms with van der Waals surface area (Å²) in [5.41, 5.74) is 2.81. The molecular formula is C20H20N2O5. The van der Waals surface area contributed by atoms with E-state index in [4.69, 9.17) is 9.15 Å².